The first-order valence-electron chi connectivity index (χ1n) is 4.71. The molecule has 0 spiro atoms. The molecule has 0 unspecified atom stereocenters. The van der Waals surface area contributed by atoms with Gasteiger partial charge in [-0.3, -0.25) is 9.89 Å². The predicted molar refractivity (Wildman–Crippen MR) is 49.1 cm³/mol. The number of aliphatic hydroxyl groups excluding tert-OH is 1. The molecule has 5 nitrogen and oxygen atoms in total. The van der Waals surface area contributed by atoms with Gasteiger partial charge in [0.25, 0.3) is 0 Å². The summed E-state index contributed by atoms with van der Waals surface area (Å²) in [5.41, 5.74) is 1.42. The van der Waals surface area contributed by atoms with Crippen LogP contribution in [0, 0.1) is 5.92 Å². The molecule has 0 aromatic carbocycles. The number of nitrogens with zero attached hydrogens (tertiary/aromatic N) is 1. The molecule has 5 heteroatoms. The maximum absolute atomic E-state index is 11.3. The first-order chi connectivity index (χ1) is 6.79. The Morgan fingerprint density at radius 2 is 2.50 bits per heavy atom. The number of rotatable bonds is 4. The molecule has 0 aliphatic heterocycles. The third-order valence-electron chi connectivity index (χ3n) is 2.25. The quantitative estimate of drug-likeness (QED) is 0.629. The highest BCUT2D eigenvalue weighted by atomic mass is 16.3. The summed E-state index contributed by atoms with van der Waals surface area (Å²) in [6, 6.07) is 1.74. The molecule has 2 rings (SSSR count). The Bertz CT molecular complexity index is 331. The number of H-pyrrole nitrogens is 1. The van der Waals surface area contributed by atoms with Crippen molar-refractivity contribution in [1.82, 2.24) is 15.5 Å². The van der Waals surface area contributed by atoms with Gasteiger partial charge in [0.15, 0.2) is 0 Å². The highest BCUT2D eigenvalue weighted by molar-refractivity contribution is 5.80. The number of carbonyl (C=O) groups is 1. The average Bonchev–Trinajstić information content (AvgIpc) is 2.94. The van der Waals surface area contributed by atoms with E-state index in [1.807, 2.05) is 0 Å². The standard InChI is InChI=1S/C9H13N3O2/c13-5-8-3-7(11-12-8)4-10-9(14)6-1-2-6/h3,6,13H,1-2,4-5H2,(H,10,14)(H,11,12). The van der Waals surface area contributed by atoms with Crippen LogP contribution in [0.15, 0.2) is 6.07 Å². The van der Waals surface area contributed by atoms with Gasteiger partial charge in [0.2, 0.25) is 5.91 Å². The van der Waals surface area contributed by atoms with Crippen LogP contribution in [0.5, 0.6) is 0 Å². The second-order valence-corrected chi connectivity index (χ2v) is 3.53. The van der Waals surface area contributed by atoms with Crippen LogP contribution < -0.4 is 5.32 Å². The smallest absolute Gasteiger partial charge is 0.223 e. The lowest BCUT2D eigenvalue weighted by Crippen LogP contribution is -2.24. The zero-order chi connectivity index (χ0) is 9.97. The normalized spacial score (nSPS) is 15.5. The van der Waals surface area contributed by atoms with E-state index in [0.29, 0.717) is 12.2 Å². The van der Waals surface area contributed by atoms with Gasteiger partial charge in [-0.15, -0.1) is 0 Å². The average molecular weight is 195 g/mol. The highest BCUT2D eigenvalue weighted by Gasteiger charge is 2.29. The van der Waals surface area contributed by atoms with Gasteiger partial charge in [-0.05, 0) is 18.9 Å². The molecule has 0 radical (unpaired) electrons. The molecule has 0 saturated heterocycles. The third kappa shape index (κ3) is 2.11. The highest BCUT2D eigenvalue weighted by Crippen LogP contribution is 2.28. The molecule has 1 aromatic rings. The SMILES string of the molecule is O=C(NCc1cc(CO)n[nH]1)C1CC1. The monoisotopic (exact) mass is 195 g/mol. The molecule has 1 saturated carbocycles. The molecule has 14 heavy (non-hydrogen) atoms. The summed E-state index contributed by atoms with van der Waals surface area (Å²) in [6.07, 6.45) is 2.02. The molecule has 3 N–H and O–H groups in total. The Balaban J connectivity index is 1.81. The molecule has 1 amide bonds. The Kier molecular flexibility index (Phi) is 2.49. The number of hydrogen-bond donors (Lipinski definition) is 3. The predicted octanol–water partition coefficient (Wildman–Crippen LogP) is -0.0718. The first-order valence-corrected chi connectivity index (χ1v) is 4.71. The molecule has 0 bridgehead atoms. The summed E-state index contributed by atoms with van der Waals surface area (Å²) < 4.78 is 0. The fourth-order valence-corrected chi connectivity index (χ4v) is 1.25. The molecular formula is C9H13N3O2. The molecule has 0 atom stereocenters. The number of aromatic nitrogens is 2. The van der Waals surface area contributed by atoms with Crippen molar-refractivity contribution < 1.29 is 9.90 Å². The molecule has 76 valence electrons. The molecular weight excluding hydrogens is 182 g/mol. The minimum atomic E-state index is -0.0763. The van der Waals surface area contributed by atoms with E-state index in [1.54, 1.807) is 6.07 Å². The van der Waals surface area contributed by atoms with Crippen molar-refractivity contribution >= 4 is 5.91 Å². The second kappa shape index (κ2) is 3.79. The van der Waals surface area contributed by atoms with Crippen molar-refractivity contribution in [3.05, 3.63) is 17.5 Å². The summed E-state index contributed by atoms with van der Waals surface area (Å²) in [4.78, 5) is 11.3. The molecule has 1 heterocycles. The number of carbonyl (C=O) groups excluding carboxylic acids is 1. The minimum absolute atomic E-state index is 0.0763. The second-order valence-electron chi connectivity index (χ2n) is 3.53. The van der Waals surface area contributed by atoms with E-state index < -0.39 is 0 Å². The number of aromatic amines is 1. The first kappa shape index (κ1) is 9.21. The van der Waals surface area contributed by atoms with E-state index in [0.717, 1.165) is 18.5 Å². The van der Waals surface area contributed by atoms with E-state index in [-0.39, 0.29) is 18.4 Å². The van der Waals surface area contributed by atoms with Crippen molar-refractivity contribution in [2.45, 2.75) is 26.0 Å². The van der Waals surface area contributed by atoms with Gasteiger partial charge in [-0.2, -0.15) is 5.10 Å². The Hall–Kier alpha value is -1.36. The number of amides is 1. The number of nitrogens with one attached hydrogen (secondary N) is 2. The fraction of sp³-hybridized carbons (Fsp3) is 0.556. The van der Waals surface area contributed by atoms with Crippen LogP contribution in [0.2, 0.25) is 0 Å². The van der Waals surface area contributed by atoms with Crippen LogP contribution in [0.3, 0.4) is 0 Å². The number of aliphatic hydroxyl groups is 1. The van der Waals surface area contributed by atoms with Crippen LogP contribution in [0.4, 0.5) is 0 Å². The van der Waals surface area contributed by atoms with Crippen molar-refractivity contribution in [3.8, 4) is 0 Å². The minimum Gasteiger partial charge on any atom is -0.390 e. The molecule has 1 fully saturated rings. The lowest BCUT2D eigenvalue weighted by molar-refractivity contribution is -0.122. The topological polar surface area (TPSA) is 78.0 Å². The van der Waals surface area contributed by atoms with E-state index in [4.69, 9.17) is 5.11 Å². The zero-order valence-corrected chi connectivity index (χ0v) is 7.79. The summed E-state index contributed by atoms with van der Waals surface area (Å²) in [7, 11) is 0. The van der Waals surface area contributed by atoms with Crippen LogP contribution in [0.25, 0.3) is 0 Å². The summed E-state index contributed by atoms with van der Waals surface area (Å²) >= 11 is 0. The maximum Gasteiger partial charge on any atom is 0.223 e. The Morgan fingerprint density at radius 1 is 1.71 bits per heavy atom. The van der Waals surface area contributed by atoms with Crippen LogP contribution in [-0.2, 0) is 17.9 Å². The van der Waals surface area contributed by atoms with Gasteiger partial charge in [0.1, 0.15) is 0 Å². The van der Waals surface area contributed by atoms with Crippen LogP contribution >= 0.6 is 0 Å². The largest absolute Gasteiger partial charge is 0.390 e. The van der Waals surface area contributed by atoms with Crippen molar-refractivity contribution in [2.24, 2.45) is 5.92 Å². The van der Waals surface area contributed by atoms with Crippen molar-refractivity contribution in [3.63, 3.8) is 0 Å². The number of hydrogen-bond acceptors (Lipinski definition) is 3. The van der Waals surface area contributed by atoms with Gasteiger partial charge in [-0.25, -0.2) is 0 Å². The Morgan fingerprint density at radius 3 is 3.07 bits per heavy atom. The maximum atomic E-state index is 11.3. The lowest BCUT2D eigenvalue weighted by atomic mass is 10.3. The summed E-state index contributed by atoms with van der Waals surface area (Å²) in [5, 5.41) is 18.2. The van der Waals surface area contributed by atoms with Gasteiger partial charge in [0, 0.05) is 5.92 Å². The van der Waals surface area contributed by atoms with Crippen molar-refractivity contribution in [2.75, 3.05) is 0 Å². The Labute approximate surface area is 81.5 Å². The fourth-order valence-electron chi connectivity index (χ4n) is 1.25. The van der Waals surface area contributed by atoms with E-state index in [9.17, 15) is 4.79 Å². The lowest BCUT2D eigenvalue weighted by Gasteiger charge is -2.00. The summed E-state index contributed by atoms with van der Waals surface area (Å²) in [6.45, 7) is 0.384. The third-order valence-corrected chi connectivity index (χ3v) is 2.25. The van der Waals surface area contributed by atoms with Crippen molar-refractivity contribution in [1.29, 1.82) is 0 Å². The molecule has 1 aromatic heterocycles. The summed E-state index contributed by atoms with van der Waals surface area (Å²) in [5.74, 6) is 0.348. The van der Waals surface area contributed by atoms with Gasteiger partial charge >= 0.3 is 0 Å². The van der Waals surface area contributed by atoms with Crippen LogP contribution in [-0.4, -0.2) is 21.2 Å². The zero-order valence-electron chi connectivity index (χ0n) is 7.79. The van der Waals surface area contributed by atoms with E-state index in [2.05, 4.69) is 15.5 Å². The van der Waals surface area contributed by atoms with E-state index in [1.165, 1.54) is 0 Å². The van der Waals surface area contributed by atoms with E-state index >= 15 is 0 Å². The van der Waals surface area contributed by atoms with Gasteiger partial charge in [-0.1, -0.05) is 0 Å². The van der Waals surface area contributed by atoms with Gasteiger partial charge in [0.05, 0.1) is 24.5 Å². The van der Waals surface area contributed by atoms with Gasteiger partial charge < -0.3 is 10.4 Å². The van der Waals surface area contributed by atoms with Crippen LogP contribution in [0.1, 0.15) is 24.2 Å². The molecule has 1 aliphatic carbocycles. The molecule has 1 aliphatic rings.